The minimum Gasteiger partial charge on any atom is -0.357 e. The summed E-state index contributed by atoms with van der Waals surface area (Å²) in [5.41, 5.74) is 8.70. The molecule has 20 nitrogen and oxygen atoms in total. The first-order chi connectivity index (χ1) is 34.0. The third-order valence-electron chi connectivity index (χ3n) is 14.2. The summed E-state index contributed by atoms with van der Waals surface area (Å²) in [6, 6.07) is 15.4. The Labute approximate surface area is 413 Å². The number of nitrogens with zero attached hydrogens (tertiary/aromatic N) is 15. The molecule has 11 aromatic rings. The average molecular weight is 998 g/mol. The Morgan fingerprint density at radius 3 is 0.930 bits per heavy atom. The van der Waals surface area contributed by atoms with Crippen LogP contribution in [0.1, 0.15) is 48.5 Å². The molecule has 7 aromatic heterocycles. The van der Waals surface area contributed by atoms with Crippen molar-refractivity contribution in [2.24, 2.45) is 0 Å². The van der Waals surface area contributed by atoms with E-state index in [-0.39, 0.29) is 42.2 Å². The van der Waals surface area contributed by atoms with Gasteiger partial charge in [0.25, 0.3) is 0 Å². The van der Waals surface area contributed by atoms with E-state index in [9.17, 15) is 19.2 Å². The maximum Gasteiger partial charge on any atom is 2.00 e. The fourth-order valence-electron chi connectivity index (χ4n) is 10.9. The van der Waals surface area contributed by atoms with Crippen molar-refractivity contribution in [1.29, 1.82) is 0 Å². The minimum atomic E-state index is -0.248. The van der Waals surface area contributed by atoms with E-state index in [0.29, 0.717) is 147 Å². The van der Waals surface area contributed by atoms with Crippen LogP contribution in [0.15, 0.2) is 67.7 Å². The number of benzene rings is 4. The van der Waals surface area contributed by atoms with E-state index in [4.69, 9.17) is 39.9 Å². The van der Waals surface area contributed by atoms with Gasteiger partial charge in [0.1, 0.15) is 0 Å². The van der Waals surface area contributed by atoms with Crippen molar-refractivity contribution in [1.82, 2.24) is 76.8 Å². The molecule has 0 fully saturated rings. The standard InChI is InChI=1S/C50H45N16O4.Zn/c1-8-60-32-16-24-23(15-31(32)51-47(60)67)39-52-40(24)54-42-27-19-35-36(64(12-5)49(69)63(35)11-4)20-28(27)44(56-42)58-46-30-22-38-37(65(13-6)50(70)66(38)14-7)21-29(30)45(59-46)57-43-26-18-34-33(17-25(26)41(53-39)55-43)61(9-2)48(68)62(34)10-3;/h15-22H,8-14H2,1-7H3,(H2-,51,52,53,54,55,56,57,58,59,67);/q-1;+2/p-1. The van der Waals surface area contributed by atoms with E-state index in [1.165, 1.54) is 0 Å². The summed E-state index contributed by atoms with van der Waals surface area (Å²) in [4.78, 5) is 99.1. The first-order valence-electron chi connectivity index (χ1n) is 23.8. The molecule has 0 unspecified atom stereocenters. The van der Waals surface area contributed by atoms with Gasteiger partial charge in [-0.15, -0.1) is 0 Å². The van der Waals surface area contributed by atoms with Crippen molar-refractivity contribution in [3.8, 4) is 45.6 Å². The maximum absolute atomic E-state index is 13.8. The molecule has 2 aliphatic heterocycles. The first-order valence-corrected chi connectivity index (χ1v) is 23.8. The van der Waals surface area contributed by atoms with Gasteiger partial charge in [-0.1, -0.05) is 0 Å². The molecule has 21 heteroatoms. The largest absolute Gasteiger partial charge is 2.00 e. The molecular weight excluding hydrogens is 954 g/mol. The monoisotopic (exact) mass is 996 g/mol. The Hall–Kier alpha value is -8.06. The summed E-state index contributed by atoms with van der Waals surface area (Å²) in [5.74, 6) is 1.20. The van der Waals surface area contributed by atoms with Crippen LogP contribution in [0.5, 0.6) is 0 Å². The van der Waals surface area contributed by atoms with Crippen molar-refractivity contribution >= 4 is 88.3 Å². The van der Waals surface area contributed by atoms with Gasteiger partial charge in [0.15, 0.2) is 0 Å². The molecule has 350 valence electrons. The zero-order valence-corrected chi connectivity index (χ0v) is 43.1. The van der Waals surface area contributed by atoms with Crippen LogP contribution in [0.2, 0.25) is 0 Å². The van der Waals surface area contributed by atoms with Crippen LogP contribution in [0.4, 0.5) is 0 Å². The fourth-order valence-corrected chi connectivity index (χ4v) is 10.9. The fraction of sp³-hybridized carbons (Fsp3) is 0.280. The molecule has 2 aliphatic rings. The van der Waals surface area contributed by atoms with Crippen LogP contribution in [0.3, 0.4) is 0 Å². The first kappa shape index (κ1) is 44.2. The van der Waals surface area contributed by atoms with Crippen molar-refractivity contribution in [3.63, 3.8) is 0 Å². The van der Waals surface area contributed by atoms with Gasteiger partial charge in [-0.2, -0.15) is 0 Å². The summed E-state index contributed by atoms with van der Waals surface area (Å²) >= 11 is 0. The van der Waals surface area contributed by atoms with Gasteiger partial charge in [-0.3, -0.25) is 32.0 Å². The Balaban J connectivity index is 0.00000517. The molecule has 0 amide bonds. The van der Waals surface area contributed by atoms with Crippen LogP contribution < -0.4 is 32.7 Å². The number of aryl methyl sites for hydroxylation is 7. The molecule has 0 saturated heterocycles. The number of aromatic nitrogens is 16. The van der Waals surface area contributed by atoms with Crippen LogP contribution in [-0.4, -0.2) is 66.9 Å². The summed E-state index contributed by atoms with van der Waals surface area (Å²) in [6.45, 7) is 16.7. The topological polar surface area (TPSA) is 224 Å². The normalized spacial score (nSPS) is 12.4. The molecule has 0 atom stereocenters. The number of H-pyrrole nitrogens is 1. The number of aromatic amines is 1. The summed E-state index contributed by atoms with van der Waals surface area (Å²) in [7, 11) is 0. The van der Waals surface area contributed by atoms with Crippen LogP contribution in [0, 0.1) is 0 Å². The van der Waals surface area contributed by atoms with Gasteiger partial charge in [0.05, 0.1) is 67.4 Å². The number of imidazole rings is 4. The molecule has 0 radical (unpaired) electrons. The zero-order chi connectivity index (χ0) is 48.2. The van der Waals surface area contributed by atoms with Crippen LogP contribution >= 0.6 is 0 Å². The summed E-state index contributed by atoms with van der Waals surface area (Å²) in [6.07, 6.45) is 0. The molecule has 4 aromatic carbocycles. The second-order valence-corrected chi connectivity index (χ2v) is 17.5. The van der Waals surface area contributed by atoms with Crippen molar-refractivity contribution in [2.75, 3.05) is 0 Å². The van der Waals surface area contributed by atoms with E-state index >= 15 is 0 Å². The second-order valence-electron chi connectivity index (χ2n) is 17.5. The number of hydrogen-bond acceptors (Lipinski definition) is 10. The predicted octanol–water partition coefficient (Wildman–Crippen LogP) is 6.26. The number of nitrogens with one attached hydrogen (secondary N) is 1. The Morgan fingerprint density at radius 1 is 0.366 bits per heavy atom. The molecule has 9 heterocycles. The zero-order valence-electron chi connectivity index (χ0n) is 40.1. The van der Waals surface area contributed by atoms with E-state index < -0.39 is 0 Å². The van der Waals surface area contributed by atoms with Crippen LogP contribution in [-0.2, 0) is 65.3 Å². The van der Waals surface area contributed by atoms with Crippen LogP contribution in [0.25, 0.3) is 134 Å². The molecule has 0 aliphatic carbocycles. The summed E-state index contributed by atoms with van der Waals surface area (Å²) in [5, 5.41) is 2.54. The number of fused-ring (bicyclic) bond motifs is 24. The van der Waals surface area contributed by atoms with Gasteiger partial charge in [0.2, 0.25) is 0 Å². The van der Waals surface area contributed by atoms with E-state index in [1.54, 1.807) is 32.0 Å². The van der Waals surface area contributed by atoms with Crippen molar-refractivity contribution in [2.45, 2.75) is 94.3 Å². The Kier molecular flexibility index (Phi) is 9.79. The van der Waals surface area contributed by atoms with Gasteiger partial charge < -0.3 is 34.9 Å². The second kappa shape index (κ2) is 15.7. The smallest absolute Gasteiger partial charge is 0.357 e. The third-order valence-corrected chi connectivity index (χ3v) is 14.2. The van der Waals surface area contributed by atoms with Gasteiger partial charge >= 0.3 is 42.2 Å². The molecular formula is C50H44N16O4Zn. The Morgan fingerprint density at radius 2 is 0.634 bits per heavy atom. The Bertz CT molecular complexity index is 4590. The molecule has 8 bridgehead atoms. The van der Waals surface area contributed by atoms with Gasteiger partial charge in [0, 0.05) is 90.7 Å². The molecule has 1 N–H and O–H groups in total. The van der Waals surface area contributed by atoms with Crippen molar-refractivity contribution < 1.29 is 19.5 Å². The average Bonchev–Trinajstić information content (AvgIpc) is 4.23. The predicted molar refractivity (Wildman–Crippen MR) is 269 cm³/mol. The third kappa shape index (κ3) is 5.92. The van der Waals surface area contributed by atoms with Gasteiger partial charge in [-0.25, -0.2) is 29.1 Å². The SMILES string of the molecule is CCn1c(=O)[nH]c2cc3c(cc21)-c1nc-3nc2[n-]c(nc3nc(nc4[n-]c(n1)c1cc5c(cc41)n(CC)c(=O)n5CC)-c1cc4c(cc1-3)n(CC)c(=O)n4CC)c1cc3c(cc21)n(CC)c(=O)n3CC.[Zn+2]. The maximum atomic E-state index is 13.8. The van der Waals surface area contributed by atoms with E-state index in [1.807, 2.05) is 97.0 Å². The molecule has 13 rings (SSSR count). The number of rotatable bonds is 7. The summed E-state index contributed by atoms with van der Waals surface area (Å²) < 4.78 is 12.1. The van der Waals surface area contributed by atoms with E-state index in [0.717, 1.165) is 33.1 Å². The molecule has 71 heavy (non-hydrogen) atoms. The molecule has 0 saturated carbocycles. The molecule has 0 spiro atoms. The quantitative estimate of drug-likeness (QED) is 0.175. The van der Waals surface area contributed by atoms with Crippen molar-refractivity contribution in [3.05, 3.63) is 90.5 Å². The minimum absolute atomic E-state index is 0. The number of hydrogen-bond donors (Lipinski definition) is 1. The van der Waals surface area contributed by atoms with E-state index in [2.05, 4.69) is 4.98 Å². The van der Waals surface area contributed by atoms with Gasteiger partial charge in [-0.05, 0) is 119 Å².